The van der Waals surface area contributed by atoms with E-state index in [-0.39, 0.29) is 24.6 Å². The van der Waals surface area contributed by atoms with E-state index in [4.69, 9.17) is 5.11 Å². The van der Waals surface area contributed by atoms with Crippen molar-refractivity contribution in [2.75, 3.05) is 13.2 Å². The topological polar surface area (TPSA) is 95.1 Å². The second-order valence-corrected chi connectivity index (χ2v) is 4.99. The number of nitrogens with zero attached hydrogens (tertiary/aromatic N) is 1. The molecule has 6 nitrogen and oxygen atoms in total. The van der Waals surface area contributed by atoms with Crippen molar-refractivity contribution < 1.29 is 9.90 Å². The van der Waals surface area contributed by atoms with Crippen LogP contribution in [-0.4, -0.2) is 34.1 Å². The third-order valence-corrected chi connectivity index (χ3v) is 3.43. The molecule has 3 N–H and O–H groups in total. The summed E-state index contributed by atoms with van der Waals surface area (Å²) in [6.45, 7) is 0.103. The fraction of sp³-hybridized carbons (Fsp3) is 0.118. The molecule has 0 unspecified atom stereocenters. The van der Waals surface area contributed by atoms with Crippen LogP contribution in [0.4, 0.5) is 0 Å². The number of H-pyrrole nitrogens is 1. The lowest BCUT2D eigenvalue weighted by atomic mass is 10.1. The van der Waals surface area contributed by atoms with Crippen LogP contribution in [0.2, 0.25) is 0 Å². The van der Waals surface area contributed by atoms with E-state index in [1.807, 2.05) is 6.07 Å². The number of hydrogen-bond acceptors (Lipinski definition) is 4. The molecule has 0 saturated carbocycles. The number of para-hydroxylation sites is 1. The maximum Gasteiger partial charge on any atom is 0.259 e. The molecule has 0 aliphatic rings. The Morgan fingerprint density at radius 2 is 1.87 bits per heavy atom. The fourth-order valence-corrected chi connectivity index (χ4v) is 2.27. The predicted octanol–water partition coefficient (Wildman–Crippen LogP) is 1.31. The van der Waals surface area contributed by atoms with Gasteiger partial charge in [-0.1, -0.05) is 24.3 Å². The molecule has 0 fully saturated rings. The minimum Gasteiger partial charge on any atom is -0.395 e. The third kappa shape index (κ3) is 3.12. The predicted molar refractivity (Wildman–Crippen MR) is 87.2 cm³/mol. The molecule has 23 heavy (non-hydrogen) atoms. The number of carbonyl (C=O) groups excluding carboxylic acids is 1. The van der Waals surface area contributed by atoms with Crippen LogP contribution < -0.4 is 10.9 Å². The summed E-state index contributed by atoms with van der Waals surface area (Å²) in [5.74, 6) is 0.196. The van der Waals surface area contributed by atoms with E-state index in [2.05, 4.69) is 15.3 Å². The van der Waals surface area contributed by atoms with Crippen molar-refractivity contribution in [2.45, 2.75) is 0 Å². The van der Waals surface area contributed by atoms with Crippen LogP contribution in [-0.2, 0) is 0 Å². The van der Waals surface area contributed by atoms with Crippen molar-refractivity contribution in [1.82, 2.24) is 15.3 Å². The van der Waals surface area contributed by atoms with E-state index in [0.29, 0.717) is 27.9 Å². The molecule has 0 saturated heterocycles. The van der Waals surface area contributed by atoms with Crippen molar-refractivity contribution in [1.29, 1.82) is 0 Å². The van der Waals surface area contributed by atoms with Gasteiger partial charge in [-0.15, -0.1) is 0 Å². The Labute approximate surface area is 131 Å². The van der Waals surface area contributed by atoms with E-state index in [9.17, 15) is 9.59 Å². The van der Waals surface area contributed by atoms with Crippen molar-refractivity contribution in [3.63, 3.8) is 0 Å². The van der Waals surface area contributed by atoms with E-state index in [1.165, 1.54) is 0 Å². The first-order valence-corrected chi connectivity index (χ1v) is 7.17. The molecule has 0 bridgehead atoms. The van der Waals surface area contributed by atoms with Gasteiger partial charge in [0.2, 0.25) is 0 Å². The Kier molecular flexibility index (Phi) is 4.16. The van der Waals surface area contributed by atoms with Gasteiger partial charge in [-0.25, -0.2) is 4.98 Å². The van der Waals surface area contributed by atoms with Crippen LogP contribution in [0.15, 0.2) is 53.3 Å². The van der Waals surface area contributed by atoms with Crippen molar-refractivity contribution in [3.05, 3.63) is 64.4 Å². The average molecular weight is 309 g/mol. The molecule has 3 aromatic rings. The summed E-state index contributed by atoms with van der Waals surface area (Å²) in [6.07, 6.45) is 0. The van der Waals surface area contributed by atoms with Gasteiger partial charge < -0.3 is 15.4 Å². The van der Waals surface area contributed by atoms with Gasteiger partial charge in [0.05, 0.1) is 17.5 Å². The van der Waals surface area contributed by atoms with Crippen LogP contribution in [0.3, 0.4) is 0 Å². The normalized spacial score (nSPS) is 10.7. The number of aromatic nitrogens is 2. The zero-order valence-electron chi connectivity index (χ0n) is 12.2. The molecule has 0 aliphatic carbocycles. The van der Waals surface area contributed by atoms with Crippen molar-refractivity contribution in [2.24, 2.45) is 0 Å². The number of hydrogen-bond donors (Lipinski definition) is 3. The molecule has 0 radical (unpaired) electrons. The SMILES string of the molecule is O=C(NCCO)c1ccc(-c2nc3ccccc3c(=O)[nH]2)cc1. The Bertz CT molecular complexity index is 901. The molecule has 0 aliphatic heterocycles. The molecule has 1 amide bonds. The Hall–Kier alpha value is -2.99. The van der Waals surface area contributed by atoms with Gasteiger partial charge in [0.15, 0.2) is 0 Å². The van der Waals surface area contributed by atoms with Gasteiger partial charge in [-0.3, -0.25) is 9.59 Å². The number of aromatic amines is 1. The summed E-state index contributed by atoms with van der Waals surface area (Å²) in [6, 6.07) is 13.9. The number of amides is 1. The summed E-state index contributed by atoms with van der Waals surface area (Å²) in [5.41, 5.74) is 1.61. The number of benzene rings is 2. The molecule has 1 heterocycles. The number of rotatable bonds is 4. The summed E-state index contributed by atoms with van der Waals surface area (Å²) < 4.78 is 0. The molecule has 3 rings (SSSR count). The lowest BCUT2D eigenvalue weighted by Crippen LogP contribution is -2.26. The maximum absolute atomic E-state index is 12.1. The second kappa shape index (κ2) is 6.41. The van der Waals surface area contributed by atoms with Crippen LogP contribution in [0, 0.1) is 0 Å². The minimum absolute atomic E-state index is 0.105. The lowest BCUT2D eigenvalue weighted by molar-refractivity contribution is 0.0945. The number of nitrogens with one attached hydrogen (secondary N) is 2. The molecule has 6 heteroatoms. The minimum atomic E-state index is -0.259. The molecule has 1 aromatic heterocycles. The summed E-state index contributed by atoms with van der Waals surface area (Å²) in [4.78, 5) is 31.1. The van der Waals surface area contributed by atoms with Gasteiger partial charge >= 0.3 is 0 Å². The first-order chi connectivity index (χ1) is 11.2. The summed E-state index contributed by atoms with van der Waals surface area (Å²) in [5, 5.41) is 11.8. The Balaban J connectivity index is 1.93. The Morgan fingerprint density at radius 3 is 2.61 bits per heavy atom. The summed E-state index contributed by atoms with van der Waals surface area (Å²) >= 11 is 0. The van der Waals surface area contributed by atoms with E-state index in [0.717, 1.165) is 0 Å². The van der Waals surface area contributed by atoms with E-state index < -0.39 is 0 Å². The number of aliphatic hydroxyl groups is 1. The molecule has 2 aromatic carbocycles. The van der Waals surface area contributed by atoms with Gasteiger partial charge in [-0.2, -0.15) is 0 Å². The molecular weight excluding hydrogens is 294 g/mol. The van der Waals surface area contributed by atoms with Gasteiger partial charge in [-0.05, 0) is 24.3 Å². The fourth-order valence-electron chi connectivity index (χ4n) is 2.27. The highest BCUT2D eigenvalue weighted by atomic mass is 16.3. The first-order valence-electron chi connectivity index (χ1n) is 7.17. The maximum atomic E-state index is 12.1. The highest BCUT2D eigenvalue weighted by Crippen LogP contribution is 2.17. The van der Waals surface area contributed by atoms with Gasteiger partial charge in [0, 0.05) is 17.7 Å². The van der Waals surface area contributed by atoms with Crippen LogP contribution in [0.1, 0.15) is 10.4 Å². The van der Waals surface area contributed by atoms with E-state index >= 15 is 0 Å². The van der Waals surface area contributed by atoms with E-state index in [1.54, 1.807) is 42.5 Å². The monoisotopic (exact) mass is 309 g/mol. The smallest absolute Gasteiger partial charge is 0.259 e. The second-order valence-electron chi connectivity index (χ2n) is 4.99. The summed E-state index contributed by atoms with van der Waals surface area (Å²) in [7, 11) is 0. The largest absolute Gasteiger partial charge is 0.395 e. The van der Waals surface area contributed by atoms with Gasteiger partial charge in [0.25, 0.3) is 11.5 Å². The van der Waals surface area contributed by atoms with Crippen LogP contribution in [0.5, 0.6) is 0 Å². The zero-order chi connectivity index (χ0) is 16.2. The van der Waals surface area contributed by atoms with Gasteiger partial charge in [0.1, 0.15) is 5.82 Å². The average Bonchev–Trinajstić information content (AvgIpc) is 2.60. The molecular formula is C17H15N3O3. The highest BCUT2D eigenvalue weighted by molar-refractivity contribution is 5.94. The standard InChI is InChI=1S/C17H15N3O3/c21-10-9-18-16(22)12-7-5-11(6-8-12)15-19-14-4-2-1-3-13(14)17(23)20-15/h1-8,21H,9-10H2,(H,18,22)(H,19,20,23). The molecule has 116 valence electrons. The van der Waals surface area contributed by atoms with Crippen molar-refractivity contribution >= 4 is 16.8 Å². The molecule has 0 atom stereocenters. The third-order valence-electron chi connectivity index (χ3n) is 3.43. The number of carbonyl (C=O) groups is 1. The zero-order valence-corrected chi connectivity index (χ0v) is 12.2. The first kappa shape index (κ1) is 14.9. The quantitative estimate of drug-likeness (QED) is 0.677. The molecule has 0 spiro atoms. The highest BCUT2D eigenvalue weighted by Gasteiger charge is 2.08. The number of fused-ring (bicyclic) bond motifs is 1. The lowest BCUT2D eigenvalue weighted by Gasteiger charge is -2.06. The van der Waals surface area contributed by atoms with Crippen LogP contribution in [0.25, 0.3) is 22.3 Å². The van der Waals surface area contributed by atoms with Crippen molar-refractivity contribution in [3.8, 4) is 11.4 Å². The number of aliphatic hydroxyl groups excluding tert-OH is 1. The Morgan fingerprint density at radius 1 is 1.13 bits per heavy atom. The van der Waals surface area contributed by atoms with Crippen LogP contribution >= 0.6 is 0 Å².